The first kappa shape index (κ1) is 15.4. The van der Waals surface area contributed by atoms with Crippen LogP contribution in [0.4, 0.5) is 13.2 Å². The van der Waals surface area contributed by atoms with E-state index in [2.05, 4.69) is 6.92 Å². The standard InChI is InChI=1S/C17H23F3/c1-2-3-4-5-12-6-8-13(9-7-12)14-10-16(19)17(20)11-15(14)18/h10-13H,2-9H2,1H3. The van der Waals surface area contributed by atoms with Gasteiger partial charge in [0.25, 0.3) is 0 Å². The Morgan fingerprint density at radius 1 is 0.900 bits per heavy atom. The Morgan fingerprint density at radius 2 is 1.55 bits per heavy atom. The van der Waals surface area contributed by atoms with Crippen LogP contribution in [0.5, 0.6) is 0 Å². The molecule has 1 saturated carbocycles. The van der Waals surface area contributed by atoms with Gasteiger partial charge in [-0.2, -0.15) is 0 Å². The summed E-state index contributed by atoms with van der Waals surface area (Å²) in [6.07, 6.45) is 8.95. The average molecular weight is 284 g/mol. The van der Waals surface area contributed by atoms with Crippen molar-refractivity contribution in [2.75, 3.05) is 0 Å². The molecule has 2 rings (SSSR count). The molecule has 0 heterocycles. The van der Waals surface area contributed by atoms with Gasteiger partial charge in [0.05, 0.1) is 0 Å². The quantitative estimate of drug-likeness (QED) is 0.462. The molecule has 0 nitrogen and oxygen atoms in total. The molecule has 0 spiro atoms. The molecule has 0 aliphatic heterocycles. The monoisotopic (exact) mass is 284 g/mol. The molecule has 1 fully saturated rings. The highest BCUT2D eigenvalue weighted by Gasteiger charge is 2.25. The summed E-state index contributed by atoms with van der Waals surface area (Å²) in [4.78, 5) is 0. The number of halogens is 3. The largest absolute Gasteiger partial charge is 0.207 e. The van der Waals surface area contributed by atoms with Crippen LogP contribution in [-0.2, 0) is 0 Å². The van der Waals surface area contributed by atoms with Crippen LogP contribution in [0.25, 0.3) is 0 Å². The van der Waals surface area contributed by atoms with E-state index in [0.717, 1.165) is 37.7 Å². The molecule has 0 unspecified atom stereocenters. The molecule has 0 radical (unpaired) electrons. The highest BCUT2D eigenvalue weighted by atomic mass is 19.2. The minimum absolute atomic E-state index is 0.0486. The summed E-state index contributed by atoms with van der Waals surface area (Å²) in [5, 5.41) is 0. The third-order valence-electron chi connectivity index (χ3n) is 4.54. The number of unbranched alkanes of at least 4 members (excludes halogenated alkanes) is 2. The summed E-state index contributed by atoms with van der Waals surface area (Å²) in [6, 6.07) is 1.73. The normalized spacial score (nSPS) is 23.0. The van der Waals surface area contributed by atoms with Crippen LogP contribution in [-0.4, -0.2) is 0 Å². The molecule has 20 heavy (non-hydrogen) atoms. The second-order valence-electron chi connectivity index (χ2n) is 6.00. The lowest BCUT2D eigenvalue weighted by atomic mass is 9.77. The first-order valence-electron chi connectivity index (χ1n) is 7.76. The van der Waals surface area contributed by atoms with Crippen LogP contribution < -0.4 is 0 Å². The molecule has 0 aromatic heterocycles. The predicted molar refractivity (Wildman–Crippen MR) is 75.2 cm³/mol. The van der Waals surface area contributed by atoms with Gasteiger partial charge in [-0.1, -0.05) is 32.6 Å². The van der Waals surface area contributed by atoms with E-state index in [1.165, 1.54) is 25.7 Å². The van der Waals surface area contributed by atoms with Gasteiger partial charge < -0.3 is 0 Å². The molecule has 0 atom stereocenters. The van der Waals surface area contributed by atoms with E-state index in [0.29, 0.717) is 11.6 Å². The summed E-state index contributed by atoms with van der Waals surface area (Å²) in [7, 11) is 0. The maximum Gasteiger partial charge on any atom is 0.161 e. The lowest BCUT2D eigenvalue weighted by molar-refractivity contribution is 0.298. The summed E-state index contributed by atoms with van der Waals surface area (Å²) in [5.74, 6) is -1.86. The summed E-state index contributed by atoms with van der Waals surface area (Å²) in [5.41, 5.74) is 0.357. The molecule has 1 aliphatic rings. The van der Waals surface area contributed by atoms with Crippen LogP contribution in [0.1, 0.15) is 69.8 Å². The lowest BCUT2D eigenvalue weighted by Crippen LogP contribution is -2.15. The highest BCUT2D eigenvalue weighted by molar-refractivity contribution is 5.24. The number of benzene rings is 1. The van der Waals surface area contributed by atoms with Crippen LogP contribution >= 0.6 is 0 Å². The molecule has 0 N–H and O–H groups in total. The van der Waals surface area contributed by atoms with Crippen molar-refractivity contribution in [2.45, 2.75) is 64.2 Å². The number of hydrogen-bond donors (Lipinski definition) is 0. The van der Waals surface area contributed by atoms with E-state index in [4.69, 9.17) is 0 Å². The zero-order valence-corrected chi connectivity index (χ0v) is 12.1. The molecule has 0 saturated heterocycles. The Kier molecular flexibility index (Phi) is 5.50. The van der Waals surface area contributed by atoms with E-state index >= 15 is 0 Å². The second kappa shape index (κ2) is 7.14. The molecule has 0 amide bonds. The van der Waals surface area contributed by atoms with Gasteiger partial charge in [-0.25, -0.2) is 13.2 Å². The van der Waals surface area contributed by atoms with E-state index in [9.17, 15) is 13.2 Å². The second-order valence-corrected chi connectivity index (χ2v) is 6.00. The highest BCUT2D eigenvalue weighted by Crippen LogP contribution is 2.39. The molecule has 112 valence electrons. The summed E-state index contributed by atoms with van der Waals surface area (Å²) >= 11 is 0. The van der Waals surface area contributed by atoms with Crippen molar-refractivity contribution in [3.05, 3.63) is 35.1 Å². The van der Waals surface area contributed by atoms with Gasteiger partial charge in [0.2, 0.25) is 0 Å². The van der Waals surface area contributed by atoms with Crippen molar-refractivity contribution in [1.82, 2.24) is 0 Å². The van der Waals surface area contributed by atoms with Gasteiger partial charge in [0.15, 0.2) is 11.6 Å². The minimum atomic E-state index is -1.10. The van der Waals surface area contributed by atoms with Crippen molar-refractivity contribution in [3.8, 4) is 0 Å². The number of rotatable bonds is 5. The fraction of sp³-hybridized carbons (Fsp3) is 0.647. The topological polar surface area (TPSA) is 0 Å². The average Bonchev–Trinajstić information content (AvgIpc) is 2.44. The van der Waals surface area contributed by atoms with Crippen LogP contribution in [0.3, 0.4) is 0 Å². The molecule has 1 aromatic rings. The van der Waals surface area contributed by atoms with E-state index in [1.807, 2.05) is 0 Å². The maximum absolute atomic E-state index is 13.8. The first-order chi connectivity index (χ1) is 9.61. The maximum atomic E-state index is 13.8. The fourth-order valence-corrected chi connectivity index (χ4v) is 3.30. The van der Waals surface area contributed by atoms with Gasteiger partial charge in [0, 0.05) is 6.07 Å². The molecule has 3 heteroatoms. The Hall–Kier alpha value is -0.990. The predicted octanol–water partition coefficient (Wildman–Crippen LogP) is 5.96. The lowest BCUT2D eigenvalue weighted by Gasteiger charge is -2.29. The third-order valence-corrected chi connectivity index (χ3v) is 4.54. The van der Waals surface area contributed by atoms with Gasteiger partial charge in [-0.3, -0.25) is 0 Å². The van der Waals surface area contributed by atoms with Crippen molar-refractivity contribution < 1.29 is 13.2 Å². The molecule has 0 bridgehead atoms. The fourth-order valence-electron chi connectivity index (χ4n) is 3.30. The van der Waals surface area contributed by atoms with Crippen molar-refractivity contribution in [3.63, 3.8) is 0 Å². The van der Waals surface area contributed by atoms with Gasteiger partial charge in [0.1, 0.15) is 5.82 Å². The van der Waals surface area contributed by atoms with Gasteiger partial charge >= 0.3 is 0 Å². The van der Waals surface area contributed by atoms with E-state index < -0.39 is 17.5 Å². The molecular formula is C17H23F3. The SMILES string of the molecule is CCCCCC1CCC(c2cc(F)c(F)cc2F)CC1. The zero-order chi connectivity index (χ0) is 14.5. The van der Waals surface area contributed by atoms with Crippen molar-refractivity contribution in [1.29, 1.82) is 0 Å². The third kappa shape index (κ3) is 3.77. The first-order valence-corrected chi connectivity index (χ1v) is 7.76. The van der Waals surface area contributed by atoms with Gasteiger partial charge in [-0.05, 0) is 49.1 Å². The smallest absolute Gasteiger partial charge is 0.161 e. The Labute approximate surface area is 119 Å². The Balaban J connectivity index is 1.92. The molecule has 1 aliphatic carbocycles. The summed E-state index contributed by atoms with van der Waals surface area (Å²) in [6.45, 7) is 2.20. The Bertz CT molecular complexity index is 434. The van der Waals surface area contributed by atoms with Gasteiger partial charge in [-0.15, -0.1) is 0 Å². The minimum Gasteiger partial charge on any atom is -0.207 e. The van der Waals surface area contributed by atoms with Crippen LogP contribution in [0.2, 0.25) is 0 Å². The van der Waals surface area contributed by atoms with E-state index in [-0.39, 0.29) is 5.92 Å². The van der Waals surface area contributed by atoms with Crippen molar-refractivity contribution >= 4 is 0 Å². The van der Waals surface area contributed by atoms with Crippen molar-refractivity contribution in [2.24, 2.45) is 5.92 Å². The molecule has 1 aromatic carbocycles. The number of hydrogen-bond acceptors (Lipinski definition) is 0. The summed E-state index contributed by atoms with van der Waals surface area (Å²) < 4.78 is 40.0. The zero-order valence-electron chi connectivity index (χ0n) is 12.1. The van der Waals surface area contributed by atoms with Crippen LogP contribution in [0, 0.1) is 23.4 Å². The molecular weight excluding hydrogens is 261 g/mol. The van der Waals surface area contributed by atoms with E-state index in [1.54, 1.807) is 0 Å². The Morgan fingerprint density at radius 3 is 2.20 bits per heavy atom. The van der Waals surface area contributed by atoms with Crippen LogP contribution in [0.15, 0.2) is 12.1 Å².